The zero-order chi connectivity index (χ0) is 7.56. The van der Waals surface area contributed by atoms with Crippen LogP contribution < -0.4 is 0 Å². The zero-order valence-corrected chi connectivity index (χ0v) is 6.46. The average Bonchev–Trinajstić information content (AvgIpc) is 1.88. The topological polar surface area (TPSA) is 0 Å². The van der Waals surface area contributed by atoms with Crippen molar-refractivity contribution in [3.05, 3.63) is 40.5 Å². The minimum absolute atomic E-state index is 0.153. The van der Waals surface area contributed by atoms with E-state index in [9.17, 15) is 4.39 Å². The second-order valence-corrected chi connectivity index (χ2v) is 2.72. The highest BCUT2D eigenvalue weighted by Crippen LogP contribution is 2.22. The third-order valence-corrected chi connectivity index (χ3v) is 1.50. The Hall–Kier alpha value is -0.400. The predicted octanol–water partition coefficient (Wildman–Crippen LogP) is 3.14. The number of rotatable bonds is 1. The maximum Gasteiger partial charge on any atom is 0.0987 e. The largest absolute Gasteiger partial charge is 0.209 e. The van der Waals surface area contributed by atoms with Gasteiger partial charge in [0.1, 0.15) is 0 Å². The third kappa shape index (κ3) is 1.79. The van der Waals surface area contributed by atoms with E-state index in [1.807, 2.05) is 0 Å². The van der Waals surface area contributed by atoms with E-state index in [0.717, 1.165) is 0 Å². The molecule has 0 N–H and O–H groups in total. The molecular weight excluding hydrogens is 174 g/mol. The van der Waals surface area contributed by atoms with Gasteiger partial charge in [0.25, 0.3) is 0 Å². The molecule has 0 bridgehead atoms. The van der Waals surface area contributed by atoms with Gasteiger partial charge in [-0.1, -0.05) is 12.1 Å². The summed E-state index contributed by atoms with van der Waals surface area (Å²) in [6.45, 7) is 0. The second kappa shape index (κ2) is 3.13. The molecule has 0 aromatic heterocycles. The van der Waals surface area contributed by atoms with Crippen LogP contribution in [0.2, 0.25) is 0 Å². The van der Waals surface area contributed by atoms with Crippen molar-refractivity contribution in [2.45, 2.75) is 0 Å². The maximum atomic E-state index is 12.3. The van der Waals surface area contributed by atoms with Crippen molar-refractivity contribution in [2.24, 2.45) is 0 Å². The first-order valence-corrected chi connectivity index (χ1v) is 3.39. The Labute approximate surface area is 68.6 Å². The van der Waals surface area contributed by atoms with Crippen molar-refractivity contribution in [3.8, 4) is 0 Å². The highest BCUT2D eigenvalue weighted by atomic mass is 35.5. The van der Waals surface area contributed by atoms with Gasteiger partial charge in [0, 0.05) is 4.84 Å². The van der Waals surface area contributed by atoms with E-state index < -0.39 is 0 Å². The molecule has 0 spiro atoms. The fraction of sp³-hybridized carbons (Fsp3) is 0. The number of benzene rings is 1. The standard InChI is InChI=1S/C7H4Cl2F/c8-7(9)5-1-3-6(10)4-2-5/h1-4H/q-1. The van der Waals surface area contributed by atoms with Crippen LogP contribution >= 0.6 is 23.2 Å². The van der Waals surface area contributed by atoms with Crippen LogP contribution in [0.3, 0.4) is 0 Å². The van der Waals surface area contributed by atoms with Gasteiger partial charge in [0.15, 0.2) is 0 Å². The third-order valence-electron chi connectivity index (χ3n) is 1.06. The van der Waals surface area contributed by atoms with Crippen LogP contribution in [0.15, 0.2) is 24.3 Å². The Morgan fingerprint density at radius 2 is 1.60 bits per heavy atom. The van der Waals surface area contributed by atoms with Gasteiger partial charge in [-0.15, -0.1) is 0 Å². The smallest absolute Gasteiger partial charge is 0.0987 e. The summed E-state index contributed by atoms with van der Waals surface area (Å²) >= 11 is 10.8. The van der Waals surface area contributed by atoms with Crippen molar-refractivity contribution in [1.82, 2.24) is 0 Å². The Bertz CT molecular complexity index is 205. The van der Waals surface area contributed by atoms with Crippen molar-refractivity contribution in [3.63, 3.8) is 0 Å². The van der Waals surface area contributed by atoms with Crippen molar-refractivity contribution < 1.29 is 4.39 Å². The summed E-state index contributed by atoms with van der Waals surface area (Å²) < 4.78 is 12.3. The second-order valence-electron chi connectivity index (χ2n) is 1.77. The molecule has 0 aliphatic heterocycles. The highest BCUT2D eigenvalue weighted by molar-refractivity contribution is 6.54. The maximum absolute atomic E-state index is 12.3. The van der Waals surface area contributed by atoms with E-state index in [2.05, 4.69) is 0 Å². The van der Waals surface area contributed by atoms with E-state index in [1.54, 1.807) is 0 Å². The van der Waals surface area contributed by atoms with Gasteiger partial charge in [-0.2, -0.15) is 40.9 Å². The van der Waals surface area contributed by atoms with Gasteiger partial charge < -0.3 is 0 Å². The molecule has 0 nitrogen and oxygen atoms in total. The minimum Gasteiger partial charge on any atom is -0.209 e. The molecule has 0 unspecified atom stereocenters. The quantitative estimate of drug-likeness (QED) is 0.579. The van der Waals surface area contributed by atoms with E-state index in [0.29, 0.717) is 5.56 Å². The normalized spacial score (nSPS) is 9.50. The SMILES string of the molecule is Fc1ccc([C-](Cl)Cl)cc1. The first-order chi connectivity index (χ1) is 4.70. The average molecular weight is 178 g/mol. The summed E-state index contributed by atoms with van der Waals surface area (Å²) in [6, 6.07) is 5.65. The molecular formula is C7H4Cl2F-. The monoisotopic (exact) mass is 177 g/mol. The van der Waals surface area contributed by atoms with E-state index in [-0.39, 0.29) is 10.7 Å². The first-order valence-electron chi connectivity index (χ1n) is 2.64. The Balaban J connectivity index is 2.89. The molecule has 0 saturated carbocycles. The van der Waals surface area contributed by atoms with Gasteiger partial charge in [-0.3, -0.25) is 0 Å². The minimum atomic E-state index is -0.293. The lowest BCUT2D eigenvalue weighted by atomic mass is 10.2. The molecule has 0 amide bonds. The van der Waals surface area contributed by atoms with Crippen molar-refractivity contribution in [2.75, 3.05) is 0 Å². The molecule has 54 valence electrons. The fourth-order valence-corrected chi connectivity index (χ4v) is 0.828. The summed E-state index contributed by atoms with van der Waals surface area (Å²) in [5, 5.41) is 0. The van der Waals surface area contributed by atoms with Crippen LogP contribution in [-0.4, -0.2) is 0 Å². The number of halogens is 3. The van der Waals surface area contributed by atoms with Crippen LogP contribution in [0.4, 0.5) is 4.39 Å². The van der Waals surface area contributed by atoms with Gasteiger partial charge >= 0.3 is 0 Å². The Morgan fingerprint density at radius 3 is 2.00 bits per heavy atom. The Kier molecular flexibility index (Phi) is 2.41. The molecule has 0 fully saturated rings. The van der Waals surface area contributed by atoms with Gasteiger partial charge in [0.2, 0.25) is 0 Å². The molecule has 10 heavy (non-hydrogen) atoms. The lowest BCUT2D eigenvalue weighted by Gasteiger charge is -2.08. The van der Waals surface area contributed by atoms with Gasteiger partial charge in [-0.05, 0) is 0 Å². The molecule has 1 rings (SSSR count). The van der Waals surface area contributed by atoms with Gasteiger partial charge in [0.05, 0.1) is 5.82 Å². The number of hydrogen-bond donors (Lipinski definition) is 0. The highest BCUT2D eigenvalue weighted by Gasteiger charge is 1.90. The van der Waals surface area contributed by atoms with E-state index >= 15 is 0 Å². The molecule has 0 saturated heterocycles. The van der Waals surface area contributed by atoms with Crippen LogP contribution in [-0.2, 0) is 0 Å². The fourth-order valence-electron chi connectivity index (χ4n) is 0.576. The van der Waals surface area contributed by atoms with Crippen molar-refractivity contribution in [1.29, 1.82) is 0 Å². The summed E-state index contributed by atoms with van der Waals surface area (Å²) in [6.07, 6.45) is 0. The molecule has 0 aliphatic carbocycles. The lowest BCUT2D eigenvalue weighted by molar-refractivity contribution is 0.627. The van der Waals surface area contributed by atoms with Crippen LogP contribution in [0.5, 0.6) is 0 Å². The van der Waals surface area contributed by atoms with Gasteiger partial charge in [-0.25, -0.2) is 4.39 Å². The summed E-state index contributed by atoms with van der Waals surface area (Å²) in [7, 11) is 0. The summed E-state index contributed by atoms with van der Waals surface area (Å²) in [5.74, 6) is -0.293. The molecule has 1 aromatic carbocycles. The molecule has 3 heteroatoms. The molecule has 0 atom stereocenters. The van der Waals surface area contributed by atoms with E-state index in [4.69, 9.17) is 23.2 Å². The predicted molar refractivity (Wildman–Crippen MR) is 40.5 cm³/mol. The molecule has 0 aliphatic rings. The summed E-state index contributed by atoms with van der Waals surface area (Å²) in [5.41, 5.74) is 0.629. The van der Waals surface area contributed by atoms with Crippen LogP contribution in [0, 0.1) is 10.7 Å². The van der Waals surface area contributed by atoms with E-state index in [1.165, 1.54) is 24.3 Å². The van der Waals surface area contributed by atoms with Crippen LogP contribution in [0.25, 0.3) is 0 Å². The summed E-state index contributed by atoms with van der Waals surface area (Å²) in [4.78, 5) is 0.153. The lowest BCUT2D eigenvalue weighted by Crippen LogP contribution is -1.81. The van der Waals surface area contributed by atoms with Crippen LogP contribution in [0.1, 0.15) is 5.56 Å². The molecule has 0 heterocycles. The molecule has 1 aromatic rings. The number of hydrogen-bond acceptors (Lipinski definition) is 0. The first kappa shape index (κ1) is 7.70. The Morgan fingerprint density at radius 1 is 1.10 bits per heavy atom. The van der Waals surface area contributed by atoms with Crippen molar-refractivity contribution >= 4 is 23.2 Å². The molecule has 0 radical (unpaired) electrons. The zero-order valence-electron chi connectivity index (χ0n) is 4.94.